The number of ether oxygens (including phenoxy) is 4. The van der Waals surface area contributed by atoms with Crippen LogP contribution in [0.25, 0.3) is 44.3 Å². The Balaban J connectivity index is 0.958. The van der Waals surface area contributed by atoms with Gasteiger partial charge >= 0.3 is 12.2 Å². The number of H-pyrrole nitrogens is 2. The van der Waals surface area contributed by atoms with Crippen LogP contribution in [0.4, 0.5) is 9.59 Å². The first-order chi connectivity index (χ1) is 32.3. The van der Waals surface area contributed by atoms with Gasteiger partial charge in [0, 0.05) is 0 Å². The monoisotopic (exact) mass is 910 g/mol. The number of amides is 4. The number of carbonyl (C=O) groups is 4. The van der Waals surface area contributed by atoms with Crippen molar-refractivity contribution >= 4 is 46.1 Å². The third-order valence-corrected chi connectivity index (χ3v) is 13.5. The summed E-state index contributed by atoms with van der Waals surface area (Å²) in [6.07, 6.45) is 1.17. The molecular weight excluding hydrogens is 853 g/mol. The number of nitrogens with zero attached hydrogens (tertiary/aromatic N) is 4. The number of hydrogen-bond donors (Lipinski definition) is 4. The molecule has 0 saturated carbocycles. The van der Waals surface area contributed by atoms with Gasteiger partial charge in [0.15, 0.2) is 0 Å². The molecule has 16 nitrogen and oxygen atoms in total. The summed E-state index contributed by atoms with van der Waals surface area (Å²) in [7, 11) is 2.56. The highest BCUT2D eigenvalue weighted by molar-refractivity contribution is 5.88. The van der Waals surface area contributed by atoms with Crippen LogP contribution >= 0.6 is 0 Å². The third-order valence-electron chi connectivity index (χ3n) is 13.5. The van der Waals surface area contributed by atoms with Crippen molar-refractivity contribution in [3.63, 3.8) is 0 Å². The summed E-state index contributed by atoms with van der Waals surface area (Å²) in [5.74, 6) is 0.604. The minimum absolute atomic E-state index is 0.0936. The van der Waals surface area contributed by atoms with E-state index in [2.05, 4.69) is 88.2 Å². The van der Waals surface area contributed by atoms with E-state index in [1.165, 1.54) is 47.6 Å². The second-order valence-electron chi connectivity index (χ2n) is 18.6. The van der Waals surface area contributed by atoms with Gasteiger partial charge in [-0.15, -0.1) is 0 Å². The van der Waals surface area contributed by atoms with Gasteiger partial charge in [-0.3, -0.25) is 9.59 Å². The van der Waals surface area contributed by atoms with Crippen molar-refractivity contribution in [2.24, 2.45) is 11.8 Å². The Hall–Kier alpha value is -6.78. The Bertz CT molecular complexity index is 2850. The molecule has 2 fully saturated rings. The summed E-state index contributed by atoms with van der Waals surface area (Å²) in [4.78, 5) is 71.8. The fraction of sp³-hybridized carbons (Fsp3) is 0.412. The minimum atomic E-state index is -0.778. The number of hydrogen-bond acceptors (Lipinski definition) is 10. The van der Waals surface area contributed by atoms with Crippen LogP contribution in [0.15, 0.2) is 72.8 Å². The Kier molecular flexibility index (Phi) is 12.8. The number of aromatic amines is 2. The first kappa shape index (κ1) is 45.4. The highest BCUT2D eigenvalue weighted by Gasteiger charge is 2.40. The van der Waals surface area contributed by atoms with Crippen molar-refractivity contribution in [1.82, 2.24) is 40.4 Å². The Labute approximate surface area is 389 Å². The maximum absolute atomic E-state index is 13.7. The van der Waals surface area contributed by atoms with E-state index in [0.717, 1.165) is 52.5 Å². The molecule has 5 atom stereocenters. The SMILES string of the molecule is COC(=O)NC(C(=O)N1COCC1c1nc2ccc(-c3cc4ccc3CCc3ccc(c(-c5ccc6nc(C7COCN7C(=O)C(NC(=O)OC)C(C)C)[nH]c6c5)c3)CC4C)cc2[nH]1)C(C)C. The van der Waals surface area contributed by atoms with Gasteiger partial charge in [-0.05, 0) is 106 Å². The lowest BCUT2D eigenvalue weighted by atomic mass is 9.84. The van der Waals surface area contributed by atoms with Crippen LogP contribution in [-0.2, 0) is 47.8 Å². The normalized spacial score (nSPS) is 19.2. The molecule has 12 rings (SSSR count). The number of fused-ring (bicyclic) bond motifs is 2. The van der Waals surface area contributed by atoms with Gasteiger partial charge in [-0.1, -0.05) is 83.1 Å². The average molecular weight is 911 g/mol. The van der Waals surface area contributed by atoms with E-state index >= 15 is 0 Å². The van der Waals surface area contributed by atoms with Crippen molar-refractivity contribution in [2.75, 3.05) is 40.9 Å². The van der Waals surface area contributed by atoms with Crippen molar-refractivity contribution < 1.29 is 38.1 Å². The van der Waals surface area contributed by atoms with Gasteiger partial charge in [-0.2, -0.15) is 0 Å². The van der Waals surface area contributed by atoms with Gasteiger partial charge in [0.1, 0.15) is 49.3 Å². The summed E-state index contributed by atoms with van der Waals surface area (Å²) >= 11 is 0. The Morgan fingerprint density at radius 3 is 1.67 bits per heavy atom. The molecule has 4 N–H and O–H groups in total. The molecule has 6 aromatic rings. The second-order valence-corrected chi connectivity index (χ2v) is 18.6. The van der Waals surface area contributed by atoms with Crippen molar-refractivity contribution in [2.45, 2.75) is 84.0 Å². The second kappa shape index (κ2) is 18.8. The molecule has 350 valence electrons. The molecule has 4 aliphatic carbocycles. The molecule has 6 aliphatic rings. The van der Waals surface area contributed by atoms with Gasteiger partial charge in [0.2, 0.25) is 11.8 Å². The molecule has 4 bridgehead atoms. The largest absolute Gasteiger partial charge is 0.453 e. The number of methoxy groups -OCH3 is 2. The highest BCUT2D eigenvalue weighted by atomic mass is 16.5. The maximum atomic E-state index is 13.7. The lowest BCUT2D eigenvalue weighted by molar-refractivity contribution is -0.137. The molecule has 4 amide bonds. The van der Waals surface area contributed by atoms with Crippen molar-refractivity contribution in [3.8, 4) is 22.3 Å². The van der Waals surface area contributed by atoms with E-state index in [4.69, 9.17) is 28.9 Å². The van der Waals surface area contributed by atoms with Crippen LogP contribution in [0.1, 0.15) is 86.5 Å². The van der Waals surface area contributed by atoms with Crippen LogP contribution < -0.4 is 10.6 Å². The van der Waals surface area contributed by atoms with E-state index in [0.29, 0.717) is 11.6 Å². The molecule has 16 heteroatoms. The van der Waals surface area contributed by atoms with Crippen molar-refractivity contribution in [3.05, 3.63) is 107 Å². The lowest BCUT2D eigenvalue weighted by Gasteiger charge is -2.28. The summed E-state index contributed by atoms with van der Waals surface area (Å²) in [5, 5.41) is 5.36. The standard InChI is InChI=1S/C51H58N8O8/c1-27(2)44(56-50(62)64-6)48(60)58-25-66-23-42(58)46-52-38-16-14-34(21-40(38)54-46)36-19-30-8-10-31-12-13-32(29(5)18-33(36)11-9-30)20-37(31)35-15-17-39-41(22-35)55-47(53-39)43-24-67-26-59(43)49(61)45(28(3)4)57-51(63)65-7/h9,11-17,19-22,27-29,42-45H,8,10,18,23-26H2,1-7H3,(H,52,54)(H,53,55)(H,56,62)(H,57,63). The maximum Gasteiger partial charge on any atom is 0.407 e. The zero-order valence-corrected chi connectivity index (χ0v) is 39.0. The van der Waals surface area contributed by atoms with Crippen LogP contribution in [0.2, 0.25) is 0 Å². The number of imidazole rings is 2. The van der Waals surface area contributed by atoms with Crippen LogP contribution in [0.3, 0.4) is 0 Å². The number of aryl methyl sites for hydroxylation is 2. The first-order valence-electron chi connectivity index (χ1n) is 23.0. The predicted molar refractivity (Wildman–Crippen MR) is 252 cm³/mol. The molecule has 4 heterocycles. The fourth-order valence-electron chi connectivity index (χ4n) is 9.58. The minimum Gasteiger partial charge on any atom is -0.453 e. The van der Waals surface area contributed by atoms with E-state index in [-0.39, 0.29) is 56.2 Å². The van der Waals surface area contributed by atoms with Gasteiger partial charge < -0.3 is 49.3 Å². The summed E-state index contributed by atoms with van der Waals surface area (Å²) in [6.45, 7) is 10.5. The van der Waals surface area contributed by atoms with Gasteiger partial charge in [0.05, 0.1) is 49.5 Å². The molecule has 5 unspecified atom stereocenters. The predicted octanol–water partition coefficient (Wildman–Crippen LogP) is 7.69. The third kappa shape index (κ3) is 9.07. The number of rotatable bonds is 10. The molecule has 67 heavy (non-hydrogen) atoms. The Morgan fingerprint density at radius 2 is 1.16 bits per heavy atom. The molecule has 2 aromatic heterocycles. The summed E-state index contributed by atoms with van der Waals surface area (Å²) < 4.78 is 21.2. The molecule has 2 aliphatic heterocycles. The van der Waals surface area contributed by atoms with Crippen LogP contribution in [-0.4, -0.2) is 107 Å². The van der Waals surface area contributed by atoms with E-state index in [1.807, 2.05) is 39.8 Å². The number of benzene rings is 4. The average Bonchev–Trinajstić information content (AvgIpc) is 4.16. The molecule has 0 spiro atoms. The molecule has 4 aromatic carbocycles. The lowest BCUT2D eigenvalue weighted by Crippen LogP contribution is -2.51. The Morgan fingerprint density at radius 1 is 0.657 bits per heavy atom. The summed E-state index contributed by atoms with van der Waals surface area (Å²) in [5.41, 5.74) is 12.8. The van der Waals surface area contributed by atoms with E-state index in [9.17, 15) is 19.2 Å². The van der Waals surface area contributed by atoms with Gasteiger partial charge in [-0.25, -0.2) is 19.6 Å². The number of nitrogens with one attached hydrogen (secondary N) is 4. The molecule has 0 radical (unpaired) electrons. The number of carbonyl (C=O) groups excluding carboxylic acids is 4. The zero-order valence-electron chi connectivity index (χ0n) is 39.0. The molecular formula is C51H58N8O8. The van der Waals surface area contributed by atoms with Crippen LogP contribution in [0, 0.1) is 11.8 Å². The van der Waals surface area contributed by atoms with E-state index in [1.54, 1.807) is 9.80 Å². The highest BCUT2D eigenvalue weighted by Crippen LogP contribution is 2.38. The quantitative estimate of drug-likeness (QED) is 0.106. The smallest absolute Gasteiger partial charge is 0.407 e. The number of aromatic nitrogens is 4. The van der Waals surface area contributed by atoms with Gasteiger partial charge in [0.25, 0.3) is 0 Å². The van der Waals surface area contributed by atoms with Crippen molar-refractivity contribution in [1.29, 1.82) is 0 Å². The zero-order chi connectivity index (χ0) is 47.1. The topological polar surface area (TPSA) is 193 Å². The van der Waals surface area contributed by atoms with E-state index < -0.39 is 36.4 Å². The number of alkyl carbamates (subject to hydrolysis) is 2. The fourth-order valence-corrected chi connectivity index (χ4v) is 9.58. The van der Waals surface area contributed by atoms with Crippen LogP contribution in [0.5, 0.6) is 0 Å². The first-order valence-corrected chi connectivity index (χ1v) is 23.0. The molecule has 2 saturated heterocycles. The summed E-state index contributed by atoms with van der Waals surface area (Å²) in [6, 6.07) is 23.9.